The van der Waals surface area contributed by atoms with Crippen molar-refractivity contribution in [1.29, 1.82) is 0 Å². The highest BCUT2D eigenvalue weighted by molar-refractivity contribution is 9.10. The van der Waals surface area contributed by atoms with Crippen molar-refractivity contribution in [2.75, 3.05) is 10.6 Å². The summed E-state index contributed by atoms with van der Waals surface area (Å²) in [5, 5.41) is 5.64. The summed E-state index contributed by atoms with van der Waals surface area (Å²) in [6.07, 6.45) is 0. The molecule has 0 atom stereocenters. The molecule has 5 heteroatoms. The maximum Gasteiger partial charge on any atom is 0.323 e. The first-order chi connectivity index (χ1) is 9.45. The third-order valence-corrected chi connectivity index (χ3v) is 4.21. The van der Waals surface area contributed by atoms with Crippen molar-refractivity contribution in [3.63, 3.8) is 0 Å². The number of amides is 2. The minimum absolute atomic E-state index is 0.258. The van der Waals surface area contributed by atoms with Gasteiger partial charge in [0, 0.05) is 20.3 Å². The number of benzene rings is 2. The van der Waals surface area contributed by atoms with Gasteiger partial charge in [-0.3, -0.25) is 0 Å². The van der Waals surface area contributed by atoms with Gasteiger partial charge >= 0.3 is 6.03 Å². The van der Waals surface area contributed by atoms with Gasteiger partial charge < -0.3 is 10.6 Å². The zero-order valence-corrected chi connectivity index (χ0v) is 14.3. The first kappa shape index (κ1) is 15.1. The van der Waals surface area contributed by atoms with Gasteiger partial charge in [-0.2, -0.15) is 0 Å². The largest absolute Gasteiger partial charge is 0.323 e. The van der Waals surface area contributed by atoms with Gasteiger partial charge in [-0.15, -0.1) is 0 Å². The molecule has 0 radical (unpaired) electrons. The lowest BCUT2D eigenvalue weighted by atomic mass is 10.2. The first-order valence-corrected chi connectivity index (χ1v) is 7.64. The average Bonchev–Trinajstić information content (AvgIpc) is 2.37. The van der Waals surface area contributed by atoms with Crippen LogP contribution in [0.3, 0.4) is 0 Å². The van der Waals surface area contributed by atoms with Crippen LogP contribution in [0.1, 0.15) is 11.1 Å². The smallest absolute Gasteiger partial charge is 0.308 e. The molecule has 0 fully saturated rings. The molecule has 0 saturated heterocycles. The summed E-state index contributed by atoms with van der Waals surface area (Å²) in [7, 11) is 0. The molecule has 20 heavy (non-hydrogen) atoms. The van der Waals surface area contributed by atoms with Crippen LogP contribution in [0, 0.1) is 13.8 Å². The molecule has 0 aliphatic rings. The lowest BCUT2D eigenvalue weighted by Gasteiger charge is -2.11. The number of carbonyl (C=O) groups is 1. The lowest BCUT2D eigenvalue weighted by Crippen LogP contribution is -2.19. The van der Waals surface area contributed by atoms with Gasteiger partial charge in [0.25, 0.3) is 0 Å². The molecule has 2 aromatic rings. The molecule has 2 aromatic carbocycles. The van der Waals surface area contributed by atoms with Crippen molar-refractivity contribution >= 4 is 49.3 Å². The van der Waals surface area contributed by atoms with Crippen molar-refractivity contribution < 1.29 is 4.79 Å². The number of aryl methyl sites for hydroxylation is 2. The van der Waals surface area contributed by atoms with E-state index in [1.54, 1.807) is 0 Å². The van der Waals surface area contributed by atoms with E-state index in [4.69, 9.17) is 0 Å². The van der Waals surface area contributed by atoms with Gasteiger partial charge in [0.15, 0.2) is 0 Å². The summed E-state index contributed by atoms with van der Waals surface area (Å²) in [4.78, 5) is 12.0. The fraction of sp³-hybridized carbons (Fsp3) is 0.133. The Hall–Kier alpha value is -1.33. The Kier molecular flexibility index (Phi) is 4.83. The van der Waals surface area contributed by atoms with Crippen LogP contribution in [0.5, 0.6) is 0 Å². The number of nitrogens with one attached hydrogen (secondary N) is 2. The number of rotatable bonds is 2. The van der Waals surface area contributed by atoms with E-state index in [-0.39, 0.29) is 6.03 Å². The summed E-state index contributed by atoms with van der Waals surface area (Å²) in [6.45, 7) is 3.95. The second-order valence-electron chi connectivity index (χ2n) is 4.50. The number of hydrogen-bond donors (Lipinski definition) is 2. The quantitative estimate of drug-likeness (QED) is 0.692. The van der Waals surface area contributed by atoms with Crippen LogP contribution in [0.2, 0.25) is 0 Å². The van der Waals surface area contributed by atoms with Crippen LogP contribution in [-0.4, -0.2) is 6.03 Å². The highest BCUT2D eigenvalue weighted by Crippen LogP contribution is 2.22. The van der Waals surface area contributed by atoms with Crippen LogP contribution >= 0.6 is 31.9 Å². The van der Waals surface area contributed by atoms with Crippen molar-refractivity contribution in [2.24, 2.45) is 0 Å². The van der Waals surface area contributed by atoms with Crippen LogP contribution in [0.4, 0.5) is 16.2 Å². The monoisotopic (exact) mass is 396 g/mol. The molecular weight excluding hydrogens is 384 g/mol. The molecule has 2 amide bonds. The number of carbonyl (C=O) groups excluding carboxylic acids is 1. The fourth-order valence-electron chi connectivity index (χ4n) is 1.72. The molecule has 104 valence electrons. The minimum atomic E-state index is -0.258. The molecule has 0 aromatic heterocycles. The zero-order chi connectivity index (χ0) is 14.7. The predicted molar refractivity (Wildman–Crippen MR) is 90.4 cm³/mol. The lowest BCUT2D eigenvalue weighted by molar-refractivity contribution is 0.262. The summed E-state index contributed by atoms with van der Waals surface area (Å²) in [5.41, 5.74) is 3.66. The van der Waals surface area contributed by atoms with Crippen molar-refractivity contribution in [1.82, 2.24) is 0 Å². The van der Waals surface area contributed by atoms with Crippen molar-refractivity contribution in [3.05, 3.63) is 56.5 Å². The SMILES string of the molecule is Cc1ccc(NC(=O)Nc2ccc(Br)cc2C)cc1Br. The Morgan fingerprint density at radius 1 is 0.950 bits per heavy atom. The maximum atomic E-state index is 12.0. The Bertz CT molecular complexity index is 656. The van der Waals surface area contributed by atoms with Gasteiger partial charge in [-0.25, -0.2) is 4.79 Å². The second kappa shape index (κ2) is 6.41. The summed E-state index contributed by atoms with van der Waals surface area (Å²) < 4.78 is 1.96. The van der Waals surface area contributed by atoms with Gasteiger partial charge in [0.2, 0.25) is 0 Å². The Morgan fingerprint density at radius 2 is 1.70 bits per heavy atom. The predicted octanol–water partition coefficient (Wildman–Crippen LogP) is 5.47. The number of anilines is 2. The van der Waals surface area contributed by atoms with E-state index < -0.39 is 0 Å². The Balaban J connectivity index is 2.07. The maximum absolute atomic E-state index is 12.0. The second-order valence-corrected chi connectivity index (χ2v) is 6.27. The molecule has 2 rings (SSSR count). The van der Waals surface area contributed by atoms with Crippen LogP contribution in [0.25, 0.3) is 0 Å². The van der Waals surface area contributed by atoms with E-state index in [0.717, 1.165) is 31.4 Å². The van der Waals surface area contributed by atoms with Crippen LogP contribution < -0.4 is 10.6 Å². The number of urea groups is 1. The van der Waals surface area contributed by atoms with Crippen LogP contribution in [0.15, 0.2) is 45.3 Å². The normalized spacial score (nSPS) is 10.2. The van der Waals surface area contributed by atoms with Crippen LogP contribution in [-0.2, 0) is 0 Å². The van der Waals surface area contributed by atoms with Crippen molar-refractivity contribution in [3.8, 4) is 0 Å². The van der Waals surface area contributed by atoms with Gasteiger partial charge in [0.05, 0.1) is 0 Å². The Morgan fingerprint density at radius 3 is 2.35 bits per heavy atom. The molecule has 0 heterocycles. The molecular formula is C15H14Br2N2O. The van der Waals surface area contributed by atoms with E-state index >= 15 is 0 Å². The van der Waals surface area contributed by atoms with E-state index in [1.807, 2.05) is 50.2 Å². The van der Waals surface area contributed by atoms with E-state index in [9.17, 15) is 4.79 Å². The molecule has 0 bridgehead atoms. The number of halogens is 2. The molecule has 0 saturated carbocycles. The number of hydrogen-bond acceptors (Lipinski definition) is 1. The third kappa shape index (κ3) is 3.84. The average molecular weight is 398 g/mol. The molecule has 0 aliphatic heterocycles. The molecule has 0 spiro atoms. The van der Waals surface area contributed by atoms with Gasteiger partial charge in [0.1, 0.15) is 0 Å². The third-order valence-electron chi connectivity index (χ3n) is 2.87. The molecule has 0 aliphatic carbocycles. The van der Waals surface area contributed by atoms with Gasteiger partial charge in [-0.05, 0) is 55.3 Å². The standard InChI is InChI=1S/C15H14Br2N2O/c1-9-3-5-12(8-13(9)17)18-15(20)19-14-6-4-11(16)7-10(14)2/h3-8H,1-2H3,(H2,18,19,20). The minimum Gasteiger partial charge on any atom is -0.308 e. The van der Waals surface area contributed by atoms with Crippen molar-refractivity contribution in [2.45, 2.75) is 13.8 Å². The molecule has 0 unspecified atom stereocenters. The highest BCUT2D eigenvalue weighted by Gasteiger charge is 2.06. The van der Waals surface area contributed by atoms with E-state index in [2.05, 4.69) is 42.5 Å². The Labute approximate surface area is 135 Å². The summed E-state index contributed by atoms with van der Waals surface area (Å²) in [5.74, 6) is 0. The fourth-order valence-corrected chi connectivity index (χ4v) is 2.58. The molecule has 3 nitrogen and oxygen atoms in total. The summed E-state index contributed by atoms with van der Waals surface area (Å²) in [6, 6.07) is 11.2. The summed E-state index contributed by atoms with van der Waals surface area (Å²) >= 11 is 6.84. The topological polar surface area (TPSA) is 41.1 Å². The van der Waals surface area contributed by atoms with E-state index in [0.29, 0.717) is 0 Å². The molecule has 2 N–H and O–H groups in total. The first-order valence-electron chi connectivity index (χ1n) is 6.06. The zero-order valence-electron chi connectivity index (χ0n) is 11.1. The highest BCUT2D eigenvalue weighted by atomic mass is 79.9. The van der Waals surface area contributed by atoms with Gasteiger partial charge in [-0.1, -0.05) is 37.9 Å². The van der Waals surface area contributed by atoms with E-state index in [1.165, 1.54) is 0 Å².